The quantitative estimate of drug-likeness (QED) is 0.633. The van der Waals surface area contributed by atoms with Gasteiger partial charge in [-0.05, 0) is 49.7 Å². The Morgan fingerprint density at radius 2 is 1.64 bits per heavy atom. The van der Waals surface area contributed by atoms with Crippen LogP contribution in [0.1, 0.15) is 49.8 Å². The highest BCUT2D eigenvalue weighted by atomic mass is 16.5. The fourth-order valence-corrected chi connectivity index (χ4v) is 5.19. The summed E-state index contributed by atoms with van der Waals surface area (Å²) in [6, 6.07) is 15.0. The van der Waals surface area contributed by atoms with Gasteiger partial charge in [-0.1, -0.05) is 49.4 Å². The summed E-state index contributed by atoms with van der Waals surface area (Å²) in [7, 11) is 3.16. The molecule has 2 aromatic rings. The zero-order chi connectivity index (χ0) is 23.4. The van der Waals surface area contributed by atoms with Gasteiger partial charge in [-0.2, -0.15) is 0 Å². The Bertz CT molecular complexity index is 969. The van der Waals surface area contributed by atoms with Crippen LogP contribution in [0.3, 0.4) is 0 Å². The number of methoxy groups -OCH3 is 2. The van der Waals surface area contributed by atoms with E-state index in [1.165, 1.54) is 0 Å². The normalized spacial score (nSPS) is 23.5. The lowest BCUT2D eigenvalue weighted by Gasteiger charge is -2.45. The van der Waals surface area contributed by atoms with E-state index in [2.05, 4.69) is 6.92 Å². The Hall–Kier alpha value is -3.02. The molecule has 33 heavy (non-hydrogen) atoms. The molecule has 1 aliphatic heterocycles. The largest absolute Gasteiger partial charge is 0.493 e. The van der Waals surface area contributed by atoms with Gasteiger partial charge in [0.1, 0.15) is 12.6 Å². The number of hydrogen-bond acceptors (Lipinski definition) is 4. The number of carbonyl (C=O) groups excluding carboxylic acids is 2. The van der Waals surface area contributed by atoms with E-state index in [9.17, 15) is 9.59 Å². The van der Waals surface area contributed by atoms with E-state index in [1.54, 1.807) is 19.1 Å². The predicted octanol–water partition coefficient (Wildman–Crippen LogP) is 4.24. The standard InChI is InChI=1S/C27H34N2O4/c1-19-12-14-21(15-13-19)29-18-24(30)28(17-16-20-8-5-4-6-9-20)25(27(29)31)22-10-7-11-23(32-2)26(22)33-3/h4-11,19,21,25H,12-18H2,1-3H3/t19?,21?,25-/m0/s1. The molecule has 4 rings (SSSR count). The van der Waals surface area contributed by atoms with Crippen LogP contribution in [0.15, 0.2) is 48.5 Å². The summed E-state index contributed by atoms with van der Waals surface area (Å²) in [6.07, 6.45) is 4.77. The summed E-state index contributed by atoms with van der Waals surface area (Å²) in [5.74, 6) is 1.71. The first-order valence-corrected chi connectivity index (χ1v) is 11.9. The van der Waals surface area contributed by atoms with Crippen molar-refractivity contribution in [3.8, 4) is 11.5 Å². The highest BCUT2D eigenvalue weighted by Crippen LogP contribution is 2.40. The average Bonchev–Trinajstić information content (AvgIpc) is 2.85. The van der Waals surface area contributed by atoms with Crippen molar-refractivity contribution in [2.75, 3.05) is 27.3 Å². The maximum absolute atomic E-state index is 14.0. The van der Waals surface area contributed by atoms with E-state index in [1.807, 2.05) is 53.4 Å². The first-order chi connectivity index (χ1) is 16.0. The number of ether oxygens (including phenoxy) is 2. The van der Waals surface area contributed by atoms with E-state index in [0.29, 0.717) is 35.9 Å². The van der Waals surface area contributed by atoms with Gasteiger partial charge in [0, 0.05) is 18.2 Å². The summed E-state index contributed by atoms with van der Waals surface area (Å²) in [6.45, 7) is 2.87. The molecule has 1 saturated heterocycles. The molecule has 0 unspecified atom stereocenters. The SMILES string of the molecule is COc1cccc([C@H]2C(=O)N(C3CCC(C)CC3)CC(=O)N2CCc2ccccc2)c1OC. The van der Waals surface area contributed by atoms with E-state index < -0.39 is 6.04 Å². The zero-order valence-electron chi connectivity index (χ0n) is 19.8. The number of rotatable bonds is 7. The summed E-state index contributed by atoms with van der Waals surface area (Å²) in [5, 5.41) is 0. The Balaban J connectivity index is 1.68. The lowest BCUT2D eigenvalue weighted by atomic mass is 9.85. The van der Waals surface area contributed by atoms with Gasteiger partial charge in [-0.3, -0.25) is 9.59 Å². The van der Waals surface area contributed by atoms with Gasteiger partial charge in [0.25, 0.3) is 5.91 Å². The number of nitrogens with zero attached hydrogens (tertiary/aromatic N) is 2. The molecule has 0 aromatic heterocycles. The molecule has 0 N–H and O–H groups in total. The third-order valence-corrected chi connectivity index (χ3v) is 7.09. The average molecular weight is 451 g/mol. The second-order valence-electron chi connectivity index (χ2n) is 9.19. The molecule has 176 valence electrons. The van der Waals surface area contributed by atoms with Gasteiger partial charge in [0.15, 0.2) is 11.5 Å². The van der Waals surface area contributed by atoms with E-state index in [0.717, 1.165) is 31.2 Å². The number of amides is 2. The lowest BCUT2D eigenvalue weighted by Crippen LogP contribution is -2.59. The van der Waals surface area contributed by atoms with Crippen LogP contribution in [-0.4, -0.2) is 55.0 Å². The van der Waals surface area contributed by atoms with Crippen molar-refractivity contribution < 1.29 is 19.1 Å². The lowest BCUT2D eigenvalue weighted by molar-refractivity contribution is -0.159. The van der Waals surface area contributed by atoms with Crippen molar-refractivity contribution in [2.45, 2.75) is 51.1 Å². The first-order valence-electron chi connectivity index (χ1n) is 11.9. The van der Waals surface area contributed by atoms with Crippen LogP contribution in [0.4, 0.5) is 0 Å². The van der Waals surface area contributed by atoms with E-state index in [4.69, 9.17) is 9.47 Å². The van der Waals surface area contributed by atoms with Crippen molar-refractivity contribution in [3.05, 3.63) is 59.7 Å². The molecule has 6 nitrogen and oxygen atoms in total. The van der Waals surface area contributed by atoms with Crippen LogP contribution in [0.25, 0.3) is 0 Å². The molecule has 0 spiro atoms. The van der Waals surface area contributed by atoms with Gasteiger partial charge in [0.05, 0.1) is 14.2 Å². The van der Waals surface area contributed by atoms with Crippen LogP contribution in [0.2, 0.25) is 0 Å². The van der Waals surface area contributed by atoms with Crippen LogP contribution in [0.5, 0.6) is 11.5 Å². The molecule has 2 aromatic carbocycles. The van der Waals surface area contributed by atoms with Crippen molar-refractivity contribution in [3.63, 3.8) is 0 Å². The van der Waals surface area contributed by atoms with Crippen LogP contribution < -0.4 is 9.47 Å². The molecule has 2 amide bonds. The number of hydrogen-bond donors (Lipinski definition) is 0. The maximum Gasteiger partial charge on any atom is 0.250 e. The van der Waals surface area contributed by atoms with Crippen LogP contribution >= 0.6 is 0 Å². The monoisotopic (exact) mass is 450 g/mol. The molecule has 1 aliphatic carbocycles. The second-order valence-corrected chi connectivity index (χ2v) is 9.19. The highest BCUT2D eigenvalue weighted by Gasteiger charge is 2.44. The molecule has 0 bridgehead atoms. The molecular formula is C27H34N2O4. The molecule has 1 saturated carbocycles. The van der Waals surface area contributed by atoms with Gasteiger partial charge >= 0.3 is 0 Å². The summed E-state index contributed by atoms with van der Waals surface area (Å²) < 4.78 is 11.2. The maximum atomic E-state index is 14.0. The van der Waals surface area contributed by atoms with Gasteiger partial charge in [-0.25, -0.2) is 0 Å². The van der Waals surface area contributed by atoms with Crippen molar-refractivity contribution in [2.24, 2.45) is 5.92 Å². The van der Waals surface area contributed by atoms with E-state index in [-0.39, 0.29) is 24.4 Å². The molecular weight excluding hydrogens is 416 g/mol. The minimum absolute atomic E-state index is 0.0148. The van der Waals surface area contributed by atoms with Gasteiger partial charge in [0.2, 0.25) is 5.91 Å². The molecule has 6 heteroatoms. The van der Waals surface area contributed by atoms with Crippen LogP contribution in [-0.2, 0) is 16.0 Å². The minimum atomic E-state index is -0.723. The number of para-hydroxylation sites is 1. The Morgan fingerprint density at radius 3 is 2.30 bits per heavy atom. The summed E-state index contributed by atoms with van der Waals surface area (Å²) in [5.41, 5.74) is 1.81. The van der Waals surface area contributed by atoms with Crippen LogP contribution in [0, 0.1) is 5.92 Å². The Labute approximate surface area is 196 Å². The molecule has 1 heterocycles. The fraction of sp³-hybridized carbons (Fsp3) is 0.481. The second kappa shape index (κ2) is 10.3. The van der Waals surface area contributed by atoms with Gasteiger partial charge in [-0.15, -0.1) is 0 Å². The fourth-order valence-electron chi connectivity index (χ4n) is 5.19. The zero-order valence-corrected chi connectivity index (χ0v) is 19.8. The summed E-state index contributed by atoms with van der Waals surface area (Å²) >= 11 is 0. The highest BCUT2D eigenvalue weighted by molar-refractivity contribution is 5.96. The number of piperazine rings is 1. The minimum Gasteiger partial charge on any atom is -0.493 e. The van der Waals surface area contributed by atoms with Crippen molar-refractivity contribution >= 4 is 11.8 Å². The first kappa shape index (κ1) is 23.1. The van der Waals surface area contributed by atoms with E-state index >= 15 is 0 Å². The Kier molecular flexibility index (Phi) is 7.21. The smallest absolute Gasteiger partial charge is 0.250 e. The summed E-state index contributed by atoms with van der Waals surface area (Å²) in [4.78, 5) is 31.0. The molecule has 2 fully saturated rings. The van der Waals surface area contributed by atoms with Gasteiger partial charge < -0.3 is 19.3 Å². The molecule has 0 radical (unpaired) electrons. The topological polar surface area (TPSA) is 59.1 Å². The number of carbonyl (C=O) groups is 2. The third-order valence-electron chi connectivity index (χ3n) is 7.09. The van der Waals surface area contributed by atoms with Crippen molar-refractivity contribution in [1.82, 2.24) is 9.80 Å². The van der Waals surface area contributed by atoms with Crippen molar-refractivity contribution in [1.29, 1.82) is 0 Å². The predicted molar refractivity (Wildman–Crippen MR) is 127 cm³/mol. The molecule has 1 atom stereocenters. The number of benzene rings is 2. The Morgan fingerprint density at radius 1 is 0.909 bits per heavy atom. The third kappa shape index (κ3) is 4.85. The molecule has 2 aliphatic rings.